The van der Waals surface area contributed by atoms with Crippen molar-refractivity contribution in [3.05, 3.63) is 52.1 Å². The van der Waals surface area contributed by atoms with Crippen molar-refractivity contribution in [1.29, 1.82) is 0 Å². The molecule has 1 aliphatic rings. The van der Waals surface area contributed by atoms with Gasteiger partial charge in [0.2, 0.25) is 0 Å². The minimum atomic E-state index is 0.245. The molecule has 0 aliphatic heterocycles. The average molecular weight is 270 g/mol. The number of hydrogen-bond donors (Lipinski definition) is 1. The van der Waals surface area contributed by atoms with Gasteiger partial charge in [0.05, 0.1) is 0 Å². The Labute approximate surface area is 123 Å². The van der Waals surface area contributed by atoms with E-state index >= 15 is 0 Å². The van der Waals surface area contributed by atoms with Crippen molar-refractivity contribution in [3.63, 3.8) is 0 Å². The molecule has 0 amide bonds. The zero-order valence-electron chi connectivity index (χ0n) is 13.3. The second kappa shape index (κ2) is 5.57. The van der Waals surface area contributed by atoms with Gasteiger partial charge in [-0.15, -0.1) is 0 Å². The lowest BCUT2D eigenvalue weighted by atomic mass is 9.80. The van der Waals surface area contributed by atoms with Crippen LogP contribution in [0.2, 0.25) is 0 Å². The van der Waals surface area contributed by atoms with Gasteiger partial charge in [-0.2, -0.15) is 0 Å². The number of aliphatic hydroxyl groups excluding tert-OH is 1. The fourth-order valence-corrected chi connectivity index (χ4v) is 3.51. The highest BCUT2D eigenvalue weighted by molar-refractivity contribution is 5.83. The van der Waals surface area contributed by atoms with E-state index in [1.54, 1.807) is 0 Å². The molecule has 1 aliphatic carbocycles. The van der Waals surface area contributed by atoms with Crippen LogP contribution < -0.4 is 0 Å². The summed E-state index contributed by atoms with van der Waals surface area (Å²) in [5.74, 6) is 0.420. The Balaban J connectivity index is 2.79. The van der Waals surface area contributed by atoms with E-state index in [9.17, 15) is 5.11 Å². The van der Waals surface area contributed by atoms with Crippen LogP contribution in [0.1, 0.15) is 58.6 Å². The van der Waals surface area contributed by atoms with Crippen LogP contribution in [0.15, 0.2) is 18.7 Å². The van der Waals surface area contributed by atoms with Crippen LogP contribution in [0.4, 0.5) is 0 Å². The molecule has 1 aromatic rings. The number of hydrogen-bond acceptors (Lipinski definition) is 1. The van der Waals surface area contributed by atoms with Crippen LogP contribution >= 0.6 is 0 Å². The predicted molar refractivity (Wildman–Crippen MR) is 87.2 cm³/mol. The zero-order chi connectivity index (χ0) is 15.0. The highest BCUT2D eigenvalue weighted by Gasteiger charge is 2.27. The average Bonchev–Trinajstić information content (AvgIpc) is 2.54. The Morgan fingerprint density at radius 3 is 2.20 bits per heavy atom. The van der Waals surface area contributed by atoms with Gasteiger partial charge in [0, 0.05) is 6.61 Å². The minimum absolute atomic E-state index is 0.245. The topological polar surface area (TPSA) is 20.2 Å². The van der Waals surface area contributed by atoms with E-state index in [2.05, 4.69) is 40.9 Å². The quantitative estimate of drug-likeness (QED) is 0.769. The molecule has 1 aromatic carbocycles. The highest BCUT2D eigenvalue weighted by Crippen LogP contribution is 2.44. The van der Waals surface area contributed by atoms with Gasteiger partial charge in [-0.1, -0.05) is 13.2 Å². The Kier molecular flexibility index (Phi) is 4.19. The van der Waals surface area contributed by atoms with E-state index in [1.807, 2.05) is 0 Å². The van der Waals surface area contributed by atoms with E-state index in [0.29, 0.717) is 5.92 Å². The smallest absolute Gasteiger partial charge is 0.0436 e. The second-order valence-electron chi connectivity index (χ2n) is 6.12. The van der Waals surface area contributed by atoms with Crippen molar-refractivity contribution in [2.24, 2.45) is 0 Å². The summed E-state index contributed by atoms with van der Waals surface area (Å²) >= 11 is 0. The molecule has 108 valence electrons. The maximum atomic E-state index is 9.41. The predicted octanol–water partition coefficient (Wildman–Crippen LogP) is 4.75. The molecule has 2 rings (SSSR count). The van der Waals surface area contributed by atoms with Crippen molar-refractivity contribution in [2.75, 3.05) is 6.61 Å². The molecule has 0 saturated heterocycles. The molecular weight excluding hydrogens is 244 g/mol. The number of fused-ring (bicyclic) bond motifs is 1. The van der Waals surface area contributed by atoms with Crippen LogP contribution in [-0.4, -0.2) is 11.7 Å². The summed E-state index contributed by atoms with van der Waals surface area (Å²) in [6.07, 6.45) is 2.87. The molecule has 1 heteroatoms. The van der Waals surface area contributed by atoms with E-state index in [0.717, 1.165) is 30.4 Å². The molecule has 0 saturated carbocycles. The van der Waals surface area contributed by atoms with Gasteiger partial charge < -0.3 is 5.11 Å². The van der Waals surface area contributed by atoms with Gasteiger partial charge >= 0.3 is 0 Å². The van der Waals surface area contributed by atoms with E-state index in [1.165, 1.54) is 33.4 Å². The van der Waals surface area contributed by atoms with Gasteiger partial charge in [0.15, 0.2) is 0 Å². The molecule has 0 radical (unpaired) electrons. The number of benzene rings is 1. The van der Waals surface area contributed by atoms with Crippen molar-refractivity contribution in [3.8, 4) is 0 Å². The lowest BCUT2D eigenvalue weighted by Crippen LogP contribution is -2.09. The van der Waals surface area contributed by atoms with Gasteiger partial charge in [-0.05, 0) is 97.4 Å². The summed E-state index contributed by atoms with van der Waals surface area (Å²) in [5.41, 5.74) is 10.4. The number of rotatable bonds is 2. The first-order chi connectivity index (χ1) is 9.40. The first-order valence-corrected chi connectivity index (χ1v) is 7.48. The van der Waals surface area contributed by atoms with Crippen LogP contribution in [0.3, 0.4) is 0 Å². The monoisotopic (exact) mass is 270 g/mol. The lowest BCUT2D eigenvalue weighted by molar-refractivity contribution is 0.273. The van der Waals surface area contributed by atoms with Crippen LogP contribution in [0.25, 0.3) is 5.57 Å². The second-order valence-corrected chi connectivity index (χ2v) is 6.12. The fraction of sp³-hybridized carbons (Fsp3) is 0.474. The van der Waals surface area contributed by atoms with Crippen molar-refractivity contribution < 1.29 is 5.11 Å². The summed E-state index contributed by atoms with van der Waals surface area (Å²) in [5, 5.41) is 9.41. The molecule has 1 unspecified atom stereocenters. The highest BCUT2D eigenvalue weighted by atomic mass is 16.3. The zero-order valence-corrected chi connectivity index (χ0v) is 13.3. The standard InChI is InChI=1S/C19H26O/c1-11-7-8-17(9-10-20)19-16(6)14(4)13(3)15(5)18(19)12(11)2/h17,20H,1-2,7-10H2,3-6H3. The third kappa shape index (κ3) is 2.25. The maximum Gasteiger partial charge on any atom is 0.0436 e. The minimum Gasteiger partial charge on any atom is -0.396 e. The van der Waals surface area contributed by atoms with Gasteiger partial charge in [-0.3, -0.25) is 0 Å². The van der Waals surface area contributed by atoms with Crippen LogP contribution in [-0.2, 0) is 0 Å². The molecule has 0 fully saturated rings. The number of aliphatic hydroxyl groups is 1. The third-order valence-corrected chi connectivity index (χ3v) is 5.14. The lowest BCUT2D eigenvalue weighted by Gasteiger charge is -2.25. The summed E-state index contributed by atoms with van der Waals surface area (Å²) in [4.78, 5) is 0. The van der Waals surface area contributed by atoms with Gasteiger partial charge in [0.1, 0.15) is 0 Å². The van der Waals surface area contributed by atoms with Crippen molar-refractivity contribution >= 4 is 5.57 Å². The first kappa shape index (κ1) is 15.1. The van der Waals surface area contributed by atoms with Crippen LogP contribution in [0.5, 0.6) is 0 Å². The molecule has 1 atom stereocenters. The third-order valence-electron chi connectivity index (χ3n) is 5.14. The molecule has 20 heavy (non-hydrogen) atoms. The summed E-state index contributed by atoms with van der Waals surface area (Å²) in [7, 11) is 0. The normalized spacial score (nSPS) is 18.9. The largest absolute Gasteiger partial charge is 0.396 e. The summed E-state index contributed by atoms with van der Waals surface area (Å²) in [6.45, 7) is 17.6. The van der Waals surface area contributed by atoms with E-state index in [-0.39, 0.29) is 6.61 Å². The van der Waals surface area contributed by atoms with Gasteiger partial charge in [0.25, 0.3) is 0 Å². The SMILES string of the molecule is C=C1CCC(CCO)c2c(C)c(C)c(C)c(C)c2C1=C. The Hall–Kier alpha value is -1.34. The Bertz CT molecular complexity index is 578. The van der Waals surface area contributed by atoms with Gasteiger partial charge in [-0.25, -0.2) is 0 Å². The maximum absolute atomic E-state index is 9.41. The summed E-state index contributed by atoms with van der Waals surface area (Å²) < 4.78 is 0. The Morgan fingerprint density at radius 1 is 1.00 bits per heavy atom. The molecule has 0 bridgehead atoms. The molecule has 1 N–H and O–H groups in total. The van der Waals surface area contributed by atoms with E-state index < -0.39 is 0 Å². The number of allylic oxidation sites excluding steroid dienone is 2. The van der Waals surface area contributed by atoms with E-state index in [4.69, 9.17) is 0 Å². The molecule has 0 heterocycles. The van der Waals surface area contributed by atoms with Crippen molar-refractivity contribution in [1.82, 2.24) is 0 Å². The molecule has 0 spiro atoms. The fourth-order valence-electron chi connectivity index (χ4n) is 3.51. The van der Waals surface area contributed by atoms with Crippen molar-refractivity contribution in [2.45, 2.75) is 52.9 Å². The molecular formula is C19H26O. The summed E-state index contributed by atoms with van der Waals surface area (Å²) in [6, 6.07) is 0. The Morgan fingerprint density at radius 2 is 1.60 bits per heavy atom. The molecule has 0 aromatic heterocycles. The van der Waals surface area contributed by atoms with Crippen LogP contribution in [0, 0.1) is 27.7 Å². The molecule has 1 nitrogen and oxygen atoms in total. The first-order valence-electron chi connectivity index (χ1n) is 7.48.